The van der Waals surface area contributed by atoms with E-state index in [1.54, 1.807) is 11.3 Å². The van der Waals surface area contributed by atoms with Crippen molar-refractivity contribution in [3.63, 3.8) is 0 Å². The second kappa shape index (κ2) is 9.01. The maximum atomic E-state index is 12.6. The van der Waals surface area contributed by atoms with E-state index in [4.69, 9.17) is 0 Å². The first kappa shape index (κ1) is 21.4. The van der Waals surface area contributed by atoms with E-state index in [1.165, 1.54) is 23.9 Å². The Morgan fingerprint density at radius 3 is 2.55 bits per heavy atom. The van der Waals surface area contributed by atoms with Gasteiger partial charge < -0.3 is 9.88 Å². The third-order valence-corrected chi connectivity index (χ3v) is 7.04. The van der Waals surface area contributed by atoms with Crippen molar-refractivity contribution >= 4 is 44.5 Å². The number of alkyl halides is 2. The highest BCUT2D eigenvalue weighted by atomic mass is 32.2. The number of carbonyl (C=O) groups is 1. The Kier molecular flexibility index (Phi) is 6.65. The van der Waals surface area contributed by atoms with Crippen LogP contribution in [0, 0.1) is 0 Å². The monoisotopic (exact) mass is 458 g/mol. The van der Waals surface area contributed by atoms with Crippen LogP contribution in [0.5, 0.6) is 0 Å². The first-order valence-electron chi connectivity index (χ1n) is 8.34. The van der Waals surface area contributed by atoms with E-state index in [9.17, 15) is 22.0 Å². The van der Waals surface area contributed by atoms with Crippen molar-refractivity contribution in [2.75, 3.05) is 11.1 Å². The summed E-state index contributed by atoms with van der Waals surface area (Å²) >= 11 is 2.76. The molecule has 0 aliphatic carbocycles. The van der Waals surface area contributed by atoms with E-state index in [2.05, 4.69) is 15.5 Å². The van der Waals surface area contributed by atoms with Crippen LogP contribution in [0.2, 0.25) is 0 Å². The van der Waals surface area contributed by atoms with Crippen molar-refractivity contribution in [3.05, 3.63) is 41.8 Å². The normalized spacial score (nSPS) is 11.7. The molecule has 1 aromatic carbocycles. The number of halogens is 2. The zero-order chi connectivity index (χ0) is 21.0. The molecule has 3 aromatic rings. The number of nitrogens with zero attached hydrogens (tertiary/aromatic N) is 3. The molecule has 3 rings (SSSR count). The molecule has 0 fully saturated rings. The molecule has 0 unspecified atom stereocenters. The average molecular weight is 459 g/mol. The Morgan fingerprint density at radius 1 is 1.24 bits per heavy atom. The number of nitrogens with one attached hydrogen (secondary N) is 1. The zero-order valence-corrected chi connectivity index (χ0v) is 17.5. The fourth-order valence-corrected chi connectivity index (χ4v) is 4.67. The minimum atomic E-state index is -4.66. The number of aromatic nitrogens is 3. The van der Waals surface area contributed by atoms with E-state index < -0.39 is 20.5 Å². The van der Waals surface area contributed by atoms with Gasteiger partial charge in [-0.15, -0.1) is 21.5 Å². The predicted molar refractivity (Wildman–Crippen MR) is 108 cm³/mol. The number of sulfone groups is 1. The third kappa shape index (κ3) is 4.82. The van der Waals surface area contributed by atoms with Crippen LogP contribution in [-0.4, -0.2) is 40.6 Å². The summed E-state index contributed by atoms with van der Waals surface area (Å²) in [7, 11) is -4.66. The quantitative estimate of drug-likeness (QED) is 0.517. The SMILES string of the molecule is CCn1c(SCC(=O)Nc2ccc(S(=O)(=O)C(F)F)cc2)nnc1-c1cccs1. The highest BCUT2D eigenvalue weighted by Crippen LogP contribution is 2.27. The zero-order valence-electron chi connectivity index (χ0n) is 15.1. The molecule has 12 heteroatoms. The second-order valence-electron chi connectivity index (χ2n) is 5.69. The van der Waals surface area contributed by atoms with Gasteiger partial charge in [-0.1, -0.05) is 17.8 Å². The van der Waals surface area contributed by atoms with Gasteiger partial charge in [0.1, 0.15) is 0 Å². The molecule has 0 aliphatic heterocycles. The number of thiophene rings is 1. The number of carbonyl (C=O) groups excluding carboxylic acids is 1. The number of hydrogen-bond donors (Lipinski definition) is 1. The molecule has 1 N–H and O–H groups in total. The fraction of sp³-hybridized carbons (Fsp3) is 0.235. The fourth-order valence-electron chi connectivity index (χ4n) is 2.43. The van der Waals surface area contributed by atoms with Crippen molar-refractivity contribution in [2.45, 2.75) is 29.3 Å². The number of rotatable bonds is 8. The Morgan fingerprint density at radius 2 is 1.97 bits per heavy atom. The van der Waals surface area contributed by atoms with Gasteiger partial charge >= 0.3 is 5.76 Å². The van der Waals surface area contributed by atoms with Crippen LogP contribution >= 0.6 is 23.1 Å². The van der Waals surface area contributed by atoms with Gasteiger partial charge in [-0.05, 0) is 42.6 Å². The summed E-state index contributed by atoms with van der Waals surface area (Å²) in [4.78, 5) is 12.7. The maximum Gasteiger partial charge on any atom is 0.341 e. The molecule has 2 heterocycles. The first-order chi connectivity index (χ1) is 13.8. The van der Waals surface area contributed by atoms with Crippen molar-refractivity contribution in [1.29, 1.82) is 0 Å². The number of anilines is 1. The topological polar surface area (TPSA) is 94.0 Å². The molecule has 0 aliphatic rings. The molecule has 2 aromatic heterocycles. The largest absolute Gasteiger partial charge is 0.341 e. The molecular weight excluding hydrogens is 442 g/mol. The van der Waals surface area contributed by atoms with Crippen LogP contribution in [0.3, 0.4) is 0 Å². The third-order valence-electron chi connectivity index (χ3n) is 3.81. The van der Waals surface area contributed by atoms with Gasteiger partial charge in [0.2, 0.25) is 15.7 Å². The van der Waals surface area contributed by atoms with Crippen LogP contribution in [-0.2, 0) is 21.2 Å². The molecule has 0 saturated heterocycles. The van der Waals surface area contributed by atoms with E-state index >= 15 is 0 Å². The van der Waals surface area contributed by atoms with Crippen LogP contribution in [0.1, 0.15) is 6.92 Å². The van der Waals surface area contributed by atoms with Gasteiger partial charge in [-0.2, -0.15) is 8.78 Å². The van der Waals surface area contributed by atoms with Gasteiger partial charge in [0, 0.05) is 12.2 Å². The van der Waals surface area contributed by atoms with Gasteiger partial charge in [0.05, 0.1) is 15.5 Å². The smallest absolute Gasteiger partial charge is 0.325 e. The maximum absolute atomic E-state index is 12.6. The number of benzene rings is 1. The number of amides is 1. The summed E-state index contributed by atoms with van der Waals surface area (Å²) in [6.45, 7) is 2.60. The van der Waals surface area contributed by atoms with Crippen LogP contribution < -0.4 is 5.32 Å². The minimum Gasteiger partial charge on any atom is -0.325 e. The first-order valence-corrected chi connectivity index (χ1v) is 11.8. The van der Waals surface area contributed by atoms with Gasteiger partial charge in [0.25, 0.3) is 0 Å². The predicted octanol–water partition coefficient (Wildman–Crippen LogP) is 3.75. The molecule has 1 amide bonds. The lowest BCUT2D eigenvalue weighted by Crippen LogP contribution is -2.15. The summed E-state index contributed by atoms with van der Waals surface area (Å²) in [6.07, 6.45) is 0. The number of hydrogen-bond acceptors (Lipinski definition) is 7. The van der Waals surface area contributed by atoms with E-state index in [1.807, 2.05) is 29.0 Å². The number of thioether (sulfide) groups is 1. The molecular formula is C17H16F2N4O3S3. The van der Waals surface area contributed by atoms with Crippen LogP contribution in [0.15, 0.2) is 51.8 Å². The summed E-state index contributed by atoms with van der Waals surface area (Å²) < 4.78 is 49.8. The lowest BCUT2D eigenvalue weighted by atomic mass is 10.3. The molecule has 0 spiro atoms. The van der Waals surface area contributed by atoms with Crippen molar-refractivity contribution in [1.82, 2.24) is 14.8 Å². The average Bonchev–Trinajstić information content (AvgIpc) is 3.35. The van der Waals surface area contributed by atoms with Crippen molar-refractivity contribution in [3.8, 4) is 10.7 Å². The second-order valence-corrected chi connectivity index (χ2v) is 9.50. The minimum absolute atomic E-state index is 0.0552. The summed E-state index contributed by atoms with van der Waals surface area (Å²) in [5.74, 6) is -3.04. The summed E-state index contributed by atoms with van der Waals surface area (Å²) in [6, 6.07) is 8.46. The molecule has 29 heavy (non-hydrogen) atoms. The van der Waals surface area contributed by atoms with Crippen LogP contribution in [0.25, 0.3) is 10.7 Å². The summed E-state index contributed by atoms with van der Waals surface area (Å²) in [5, 5.41) is 13.5. The molecule has 7 nitrogen and oxygen atoms in total. The standard InChI is InChI=1S/C17H16F2N4O3S3/c1-2-23-15(13-4-3-9-27-13)21-22-17(23)28-10-14(24)20-11-5-7-12(8-6-11)29(25,26)16(18)19/h3-9,16H,2,10H2,1H3,(H,20,24). The molecule has 0 radical (unpaired) electrons. The Bertz CT molecular complexity index is 1080. The van der Waals surface area contributed by atoms with E-state index in [-0.39, 0.29) is 11.7 Å². The van der Waals surface area contributed by atoms with Gasteiger partial charge in [-0.25, -0.2) is 8.42 Å². The Balaban J connectivity index is 1.62. The van der Waals surface area contributed by atoms with Crippen molar-refractivity contribution < 1.29 is 22.0 Å². The summed E-state index contributed by atoms with van der Waals surface area (Å²) in [5.41, 5.74) is 0.306. The lowest BCUT2D eigenvalue weighted by molar-refractivity contribution is -0.113. The molecule has 0 saturated carbocycles. The molecule has 0 bridgehead atoms. The molecule has 154 valence electrons. The molecule has 0 atom stereocenters. The van der Waals surface area contributed by atoms with Gasteiger partial charge in [-0.3, -0.25) is 4.79 Å². The van der Waals surface area contributed by atoms with Crippen LogP contribution in [0.4, 0.5) is 14.5 Å². The lowest BCUT2D eigenvalue weighted by Gasteiger charge is -2.08. The highest BCUT2D eigenvalue weighted by Gasteiger charge is 2.26. The Hall–Kier alpha value is -2.31. The van der Waals surface area contributed by atoms with Gasteiger partial charge in [0.15, 0.2) is 11.0 Å². The highest BCUT2D eigenvalue weighted by molar-refractivity contribution is 7.99. The Labute approximate surface area is 174 Å². The van der Waals surface area contributed by atoms with E-state index in [0.717, 1.165) is 22.8 Å². The van der Waals surface area contributed by atoms with E-state index in [0.29, 0.717) is 17.4 Å². The van der Waals surface area contributed by atoms with Crippen molar-refractivity contribution in [2.24, 2.45) is 0 Å².